The molecule has 0 atom stereocenters. The summed E-state index contributed by atoms with van der Waals surface area (Å²) in [4.78, 5) is 0. The van der Waals surface area contributed by atoms with Gasteiger partial charge in [-0.25, -0.2) is 0 Å². The van der Waals surface area contributed by atoms with Gasteiger partial charge in [0, 0.05) is 5.88 Å². The molecule has 0 aliphatic rings. The quantitative estimate of drug-likeness (QED) is 0.467. The van der Waals surface area contributed by atoms with Crippen molar-refractivity contribution in [3.63, 3.8) is 0 Å². The molecule has 8 heteroatoms. The van der Waals surface area contributed by atoms with Gasteiger partial charge in [-0.3, -0.25) is 0 Å². The first-order valence-corrected chi connectivity index (χ1v) is 6.76. The molecule has 0 saturated heterocycles. The molecule has 0 aliphatic heterocycles. The summed E-state index contributed by atoms with van der Waals surface area (Å²) in [5.41, 5.74) is -1.90. The molecule has 0 N–H and O–H groups in total. The smallest absolute Gasteiger partial charge is 0.419 e. The number of rotatable bonds is 3. The van der Waals surface area contributed by atoms with E-state index in [-0.39, 0.29) is 17.2 Å². The van der Waals surface area contributed by atoms with Crippen molar-refractivity contribution in [2.45, 2.75) is 18.2 Å². The van der Waals surface area contributed by atoms with Crippen LogP contribution in [0.4, 0.5) is 26.3 Å². The van der Waals surface area contributed by atoms with Crippen molar-refractivity contribution in [3.8, 4) is 11.5 Å². The van der Waals surface area contributed by atoms with Crippen LogP contribution >= 0.6 is 11.6 Å². The minimum absolute atomic E-state index is 0.132. The Kier molecular flexibility index (Phi) is 4.79. The summed E-state index contributed by atoms with van der Waals surface area (Å²) in [5, 5.41) is 0. The van der Waals surface area contributed by atoms with Crippen molar-refractivity contribution in [1.29, 1.82) is 0 Å². The van der Waals surface area contributed by atoms with Crippen molar-refractivity contribution in [2.75, 3.05) is 0 Å². The summed E-state index contributed by atoms with van der Waals surface area (Å²) in [6.45, 7) is 0. The molecule has 0 spiro atoms. The number of hydrogen-bond acceptors (Lipinski definition) is 1. The summed E-state index contributed by atoms with van der Waals surface area (Å²) in [7, 11) is 0. The van der Waals surface area contributed by atoms with Gasteiger partial charge in [-0.1, -0.05) is 12.1 Å². The highest BCUT2D eigenvalue weighted by Gasteiger charge is 2.35. The number of hydrogen-bond donors (Lipinski definition) is 0. The lowest BCUT2D eigenvalue weighted by Crippen LogP contribution is -2.08. The Morgan fingerprint density at radius 1 is 0.870 bits per heavy atom. The fourth-order valence-corrected chi connectivity index (χ4v) is 2.00. The molecule has 2 aromatic rings. The van der Waals surface area contributed by atoms with Crippen LogP contribution in [0.3, 0.4) is 0 Å². The number of ether oxygens (including phenoxy) is 1. The highest BCUT2D eigenvalue weighted by Crippen LogP contribution is 2.40. The lowest BCUT2D eigenvalue weighted by molar-refractivity contribution is -0.139. The Hall–Kier alpha value is -1.89. The lowest BCUT2D eigenvalue weighted by atomic mass is 10.1. The van der Waals surface area contributed by atoms with Gasteiger partial charge in [0.05, 0.1) is 11.1 Å². The predicted molar refractivity (Wildman–Crippen MR) is 72.5 cm³/mol. The van der Waals surface area contributed by atoms with Crippen molar-refractivity contribution in [2.24, 2.45) is 0 Å². The third-order valence-electron chi connectivity index (χ3n) is 2.89. The number of benzene rings is 2. The second-order valence-corrected chi connectivity index (χ2v) is 4.86. The second-order valence-electron chi connectivity index (χ2n) is 4.59. The molecular formula is C15H9ClF6O. The van der Waals surface area contributed by atoms with Gasteiger partial charge in [0.1, 0.15) is 11.5 Å². The van der Waals surface area contributed by atoms with Gasteiger partial charge in [0.15, 0.2) is 0 Å². The van der Waals surface area contributed by atoms with E-state index in [2.05, 4.69) is 0 Å². The van der Waals surface area contributed by atoms with E-state index in [1.54, 1.807) is 0 Å². The molecule has 1 nitrogen and oxygen atoms in total. The molecule has 0 amide bonds. The average Bonchev–Trinajstić information content (AvgIpc) is 2.46. The number of alkyl halides is 7. The third-order valence-corrected chi connectivity index (χ3v) is 3.20. The molecule has 2 aromatic carbocycles. The van der Waals surface area contributed by atoms with Gasteiger partial charge in [-0.05, 0) is 35.9 Å². The molecule has 0 heterocycles. The minimum Gasteiger partial charge on any atom is -0.457 e. The zero-order valence-corrected chi connectivity index (χ0v) is 12.1. The Balaban J connectivity index is 2.41. The van der Waals surface area contributed by atoms with Crippen molar-refractivity contribution in [3.05, 3.63) is 59.2 Å². The molecule has 0 unspecified atom stereocenters. The van der Waals surface area contributed by atoms with E-state index < -0.39 is 29.2 Å². The molecule has 0 saturated carbocycles. The van der Waals surface area contributed by atoms with Crippen LogP contribution in [0.25, 0.3) is 0 Å². The topological polar surface area (TPSA) is 9.23 Å². The molecular weight excluding hydrogens is 346 g/mol. The van der Waals surface area contributed by atoms with Gasteiger partial charge in [-0.15, -0.1) is 11.6 Å². The van der Waals surface area contributed by atoms with Crippen LogP contribution in [0.5, 0.6) is 11.5 Å². The van der Waals surface area contributed by atoms with Crippen LogP contribution in [-0.4, -0.2) is 0 Å². The molecule has 0 aromatic heterocycles. The molecule has 23 heavy (non-hydrogen) atoms. The summed E-state index contributed by atoms with van der Waals surface area (Å²) in [5.74, 6) is -1.07. The van der Waals surface area contributed by atoms with Gasteiger partial charge in [-0.2, -0.15) is 26.3 Å². The standard InChI is InChI=1S/C15H9ClF6O/c16-8-9-4-5-13(12(6-9)15(20,21)22)23-11-3-1-2-10(7-11)14(17,18)19/h1-7H,8H2. The highest BCUT2D eigenvalue weighted by molar-refractivity contribution is 6.17. The van der Waals surface area contributed by atoms with Crippen molar-refractivity contribution >= 4 is 11.6 Å². The van der Waals surface area contributed by atoms with Gasteiger partial charge < -0.3 is 4.74 Å². The Morgan fingerprint density at radius 3 is 2.13 bits per heavy atom. The molecule has 124 valence electrons. The molecule has 0 aliphatic carbocycles. The first kappa shape index (κ1) is 17.5. The number of halogens is 7. The predicted octanol–water partition coefficient (Wildman–Crippen LogP) is 6.26. The van der Waals surface area contributed by atoms with E-state index in [9.17, 15) is 26.3 Å². The van der Waals surface area contributed by atoms with E-state index in [1.165, 1.54) is 6.07 Å². The minimum atomic E-state index is -4.72. The maximum atomic E-state index is 13.0. The van der Waals surface area contributed by atoms with E-state index >= 15 is 0 Å². The van der Waals surface area contributed by atoms with Crippen LogP contribution in [0.2, 0.25) is 0 Å². The average molecular weight is 355 g/mol. The molecule has 0 bridgehead atoms. The maximum Gasteiger partial charge on any atom is 0.419 e. The normalized spacial score (nSPS) is 12.3. The van der Waals surface area contributed by atoms with Crippen LogP contribution in [0, 0.1) is 0 Å². The summed E-state index contributed by atoms with van der Waals surface area (Å²) in [6.07, 6.45) is -9.34. The summed E-state index contributed by atoms with van der Waals surface area (Å²) >= 11 is 5.50. The van der Waals surface area contributed by atoms with Gasteiger partial charge >= 0.3 is 12.4 Å². The highest BCUT2D eigenvalue weighted by atomic mass is 35.5. The monoisotopic (exact) mass is 354 g/mol. The fraction of sp³-hybridized carbons (Fsp3) is 0.200. The first-order chi connectivity index (χ1) is 10.6. The van der Waals surface area contributed by atoms with E-state index in [1.807, 2.05) is 0 Å². The Labute approximate surface area is 132 Å². The van der Waals surface area contributed by atoms with Crippen molar-refractivity contribution < 1.29 is 31.1 Å². The molecule has 2 rings (SSSR count). The first-order valence-electron chi connectivity index (χ1n) is 6.22. The fourth-order valence-electron chi connectivity index (χ4n) is 1.83. The summed E-state index contributed by atoms with van der Waals surface area (Å²) < 4.78 is 82.0. The van der Waals surface area contributed by atoms with E-state index in [0.29, 0.717) is 6.07 Å². The van der Waals surface area contributed by atoms with E-state index in [0.717, 1.165) is 30.3 Å². The summed E-state index contributed by atoms with van der Waals surface area (Å²) in [6, 6.07) is 6.77. The van der Waals surface area contributed by atoms with Gasteiger partial charge in [0.25, 0.3) is 0 Å². The van der Waals surface area contributed by atoms with Crippen LogP contribution in [0.15, 0.2) is 42.5 Å². The SMILES string of the molecule is FC(F)(F)c1cccc(Oc2ccc(CCl)cc2C(F)(F)F)c1. The third kappa shape index (κ3) is 4.31. The largest absolute Gasteiger partial charge is 0.457 e. The second kappa shape index (κ2) is 6.31. The molecule has 0 radical (unpaired) electrons. The van der Waals surface area contributed by atoms with E-state index in [4.69, 9.17) is 16.3 Å². The van der Waals surface area contributed by atoms with Crippen LogP contribution in [0.1, 0.15) is 16.7 Å². The van der Waals surface area contributed by atoms with Crippen LogP contribution in [-0.2, 0) is 18.2 Å². The molecule has 0 fully saturated rings. The lowest BCUT2D eigenvalue weighted by Gasteiger charge is -2.15. The van der Waals surface area contributed by atoms with Crippen molar-refractivity contribution in [1.82, 2.24) is 0 Å². The van der Waals surface area contributed by atoms with Gasteiger partial charge in [0.2, 0.25) is 0 Å². The Bertz CT molecular complexity index is 693. The zero-order valence-electron chi connectivity index (χ0n) is 11.3. The maximum absolute atomic E-state index is 13.0. The Morgan fingerprint density at radius 2 is 1.57 bits per heavy atom. The van der Waals surface area contributed by atoms with Crippen LogP contribution < -0.4 is 4.74 Å². The zero-order chi connectivity index (χ0) is 17.3.